The molecule has 1 aromatic carbocycles. The number of piperazine rings is 1. The molecule has 0 spiro atoms. The van der Waals surface area contributed by atoms with E-state index in [4.69, 9.17) is 0 Å². The van der Waals surface area contributed by atoms with Gasteiger partial charge in [-0.25, -0.2) is 0 Å². The van der Waals surface area contributed by atoms with Crippen molar-refractivity contribution in [1.29, 1.82) is 0 Å². The first-order valence-corrected chi connectivity index (χ1v) is 7.32. The maximum absolute atomic E-state index is 3.24. The van der Waals surface area contributed by atoms with Gasteiger partial charge in [-0.05, 0) is 51.1 Å². The van der Waals surface area contributed by atoms with Crippen molar-refractivity contribution in [2.75, 3.05) is 44.7 Å². The average Bonchev–Trinajstić information content (AvgIpc) is 2.36. The molecule has 1 N–H and O–H groups in total. The SMILES string of the molecule is CNCCN1CCN(c2cc(C)cc(C)c2)CC1C. The lowest BCUT2D eigenvalue weighted by Gasteiger charge is -2.41. The molecule has 0 bridgehead atoms. The molecule has 1 aliphatic rings. The lowest BCUT2D eigenvalue weighted by molar-refractivity contribution is 0.191. The highest BCUT2D eigenvalue weighted by Gasteiger charge is 2.23. The van der Waals surface area contributed by atoms with Crippen LogP contribution < -0.4 is 10.2 Å². The minimum absolute atomic E-state index is 0.628. The number of hydrogen-bond donors (Lipinski definition) is 1. The molecule has 0 saturated carbocycles. The lowest BCUT2D eigenvalue weighted by Crippen LogP contribution is -2.53. The molecule has 0 aliphatic carbocycles. The Hall–Kier alpha value is -1.06. The molecular weight excluding hydrogens is 234 g/mol. The summed E-state index contributed by atoms with van der Waals surface area (Å²) in [4.78, 5) is 5.11. The third-order valence-corrected chi connectivity index (χ3v) is 3.99. The maximum atomic E-state index is 3.24. The van der Waals surface area contributed by atoms with E-state index in [1.807, 2.05) is 7.05 Å². The molecule has 0 aromatic heterocycles. The Bertz CT molecular complexity index is 396. The van der Waals surface area contributed by atoms with Gasteiger partial charge in [-0.2, -0.15) is 0 Å². The number of benzene rings is 1. The fraction of sp³-hybridized carbons (Fsp3) is 0.625. The molecule has 1 atom stereocenters. The summed E-state index contributed by atoms with van der Waals surface area (Å²) in [5.41, 5.74) is 4.11. The topological polar surface area (TPSA) is 18.5 Å². The summed E-state index contributed by atoms with van der Waals surface area (Å²) in [6, 6.07) is 7.49. The summed E-state index contributed by atoms with van der Waals surface area (Å²) < 4.78 is 0. The predicted octanol–water partition coefficient (Wildman–Crippen LogP) is 2.03. The van der Waals surface area contributed by atoms with Crippen molar-refractivity contribution in [3.63, 3.8) is 0 Å². The van der Waals surface area contributed by atoms with Crippen molar-refractivity contribution in [1.82, 2.24) is 10.2 Å². The fourth-order valence-electron chi connectivity index (χ4n) is 2.95. The van der Waals surface area contributed by atoms with Crippen molar-refractivity contribution < 1.29 is 0 Å². The smallest absolute Gasteiger partial charge is 0.0372 e. The molecule has 19 heavy (non-hydrogen) atoms. The number of likely N-dealkylation sites (N-methyl/N-ethyl adjacent to an activating group) is 1. The quantitative estimate of drug-likeness (QED) is 0.895. The molecule has 3 heteroatoms. The molecule has 3 nitrogen and oxygen atoms in total. The summed E-state index contributed by atoms with van der Waals surface area (Å²) in [6.07, 6.45) is 0. The third-order valence-electron chi connectivity index (χ3n) is 3.99. The van der Waals surface area contributed by atoms with Crippen molar-refractivity contribution in [2.24, 2.45) is 0 Å². The fourth-order valence-corrected chi connectivity index (χ4v) is 2.95. The van der Waals surface area contributed by atoms with Gasteiger partial charge in [0.2, 0.25) is 0 Å². The molecule has 1 aromatic rings. The van der Waals surface area contributed by atoms with E-state index >= 15 is 0 Å². The second-order valence-corrected chi connectivity index (χ2v) is 5.78. The molecule has 1 fully saturated rings. The lowest BCUT2D eigenvalue weighted by atomic mass is 10.1. The van der Waals surface area contributed by atoms with E-state index in [1.54, 1.807) is 0 Å². The van der Waals surface area contributed by atoms with Crippen LogP contribution in [0.2, 0.25) is 0 Å². The monoisotopic (exact) mass is 261 g/mol. The molecule has 2 rings (SSSR count). The normalized spacial score (nSPS) is 20.8. The average molecular weight is 261 g/mol. The van der Waals surface area contributed by atoms with Crippen LogP contribution in [-0.2, 0) is 0 Å². The second-order valence-electron chi connectivity index (χ2n) is 5.78. The Morgan fingerprint density at radius 2 is 1.84 bits per heavy atom. The van der Waals surface area contributed by atoms with Gasteiger partial charge in [0.25, 0.3) is 0 Å². The summed E-state index contributed by atoms with van der Waals surface area (Å²) in [7, 11) is 2.02. The molecule has 1 heterocycles. The van der Waals surface area contributed by atoms with Crippen molar-refractivity contribution in [2.45, 2.75) is 26.8 Å². The van der Waals surface area contributed by atoms with E-state index in [0.29, 0.717) is 6.04 Å². The summed E-state index contributed by atoms with van der Waals surface area (Å²) in [6.45, 7) is 12.4. The summed E-state index contributed by atoms with van der Waals surface area (Å²) in [5, 5.41) is 3.24. The zero-order valence-corrected chi connectivity index (χ0v) is 12.7. The van der Waals surface area contributed by atoms with Gasteiger partial charge in [0.05, 0.1) is 0 Å². The van der Waals surface area contributed by atoms with Gasteiger partial charge in [-0.3, -0.25) is 4.90 Å². The first-order chi connectivity index (χ1) is 9.10. The molecule has 1 unspecified atom stereocenters. The summed E-state index contributed by atoms with van der Waals surface area (Å²) >= 11 is 0. The highest BCUT2D eigenvalue weighted by molar-refractivity contribution is 5.51. The van der Waals surface area contributed by atoms with Gasteiger partial charge < -0.3 is 10.2 Å². The summed E-state index contributed by atoms with van der Waals surface area (Å²) in [5.74, 6) is 0. The number of rotatable bonds is 4. The Kier molecular flexibility index (Phi) is 4.83. The van der Waals surface area contributed by atoms with Crippen LogP contribution in [0.3, 0.4) is 0 Å². The van der Waals surface area contributed by atoms with E-state index in [0.717, 1.165) is 32.7 Å². The van der Waals surface area contributed by atoms with Gasteiger partial charge in [-0.1, -0.05) is 6.07 Å². The highest BCUT2D eigenvalue weighted by Crippen LogP contribution is 2.22. The number of aryl methyl sites for hydroxylation is 2. The van der Waals surface area contributed by atoms with Gasteiger partial charge >= 0.3 is 0 Å². The van der Waals surface area contributed by atoms with E-state index in [2.05, 4.69) is 54.1 Å². The first-order valence-electron chi connectivity index (χ1n) is 7.32. The van der Waals surface area contributed by atoms with Gasteiger partial charge in [0.1, 0.15) is 0 Å². The van der Waals surface area contributed by atoms with Crippen LogP contribution in [-0.4, -0.2) is 50.7 Å². The van der Waals surface area contributed by atoms with Crippen LogP contribution in [0.1, 0.15) is 18.1 Å². The largest absolute Gasteiger partial charge is 0.369 e. The van der Waals surface area contributed by atoms with Crippen molar-refractivity contribution in [3.05, 3.63) is 29.3 Å². The van der Waals surface area contributed by atoms with Crippen LogP contribution in [0.15, 0.2) is 18.2 Å². The molecule has 0 radical (unpaired) electrons. The van der Waals surface area contributed by atoms with Gasteiger partial charge in [-0.15, -0.1) is 0 Å². The molecule has 1 aliphatic heterocycles. The van der Waals surface area contributed by atoms with Crippen LogP contribution in [0.4, 0.5) is 5.69 Å². The Labute approximate surface area is 117 Å². The van der Waals surface area contributed by atoms with Crippen LogP contribution in [0.5, 0.6) is 0 Å². The van der Waals surface area contributed by atoms with E-state index in [1.165, 1.54) is 16.8 Å². The third kappa shape index (κ3) is 3.71. The zero-order chi connectivity index (χ0) is 13.8. The van der Waals surface area contributed by atoms with Crippen molar-refractivity contribution >= 4 is 5.69 Å². The van der Waals surface area contributed by atoms with E-state index in [9.17, 15) is 0 Å². The van der Waals surface area contributed by atoms with Crippen molar-refractivity contribution in [3.8, 4) is 0 Å². The maximum Gasteiger partial charge on any atom is 0.0372 e. The first kappa shape index (κ1) is 14.4. The van der Waals surface area contributed by atoms with E-state index < -0.39 is 0 Å². The number of nitrogens with zero attached hydrogens (tertiary/aromatic N) is 2. The molecule has 1 saturated heterocycles. The molecule has 0 amide bonds. The Balaban J connectivity index is 2.01. The standard InChI is InChI=1S/C16H27N3/c1-13-9-14(2)11-16(10-13)19-8-7-18(6-5-17-4)15(3)12-19/h9-11,15,17H,5-8,12H2,1-4H3. The second kappa shape index (κ2) is 6.40. The number of nitrogens with one attached hydrogen (secondary N) is 1. The minimum atomic E-state index is 0.628. The van der Waals surface area contributed by atoms with Gasteiger partial charge in [0.15, 0.2) is 0 Å². The van der Waals surface area contributed by atoms with Crippen LogP contribution in [0.25, 0.3) is 0 Å². The van der Waals surface area contributed by atoms with Crippen LogP contribution in [0, 0.1) is 13.8 Å². The van der Waals surface area contributed by atoms with Gasteiger partial charge in [0, 0.05) is 44.5 Å². The highest BCUT2D eigenvalue weighted by atomic mass is 15.3. The van der Waals surface area contributed by atoms with E-state index in [-0.39, 0.29) is 0 Å². The Morgan fingerprint density at radius 1 is 1.16 bits per heavy atom. The Morgan fingerprint density at radius 3 is 2.42 bits per heavy atom. The minimum Gasteiger partial charge on any atom is -0.369 e. The number of anilines is 1. The van der Waals surface area contributed by atoms with Crippen LogP contribution >= 0.6 is 0 Å². The number of hydrogen-bond acceptors (Lipinski definition) is 3. The molecule has 106 valence electrons. The zero-order valence-electron chi connectivity index (χ0n) is 12.7. The molecular formula is C16H27N3. The predicted molar refractivity (Wildman–Crippen MR) is 83.1 cm³/mol.